The standard InChI is InChI=1S/C27H34N2O5/c1-4-18(15-25(30)31)28-26(32)24(14-13-17(2)3)29-27(33)34-16-23-21-11-7-5-9-19(21)20-10-6-8-12-22(20)23/h5-12,17-18,23-24H,4,13-16H2,1-3H3,(H,28,32)(H,29,33)(H,30,31)/t18-,24?/m1/s1. The van der Waals surface area contributed by atoms with Crippen molar-refractivity contribution >= 4 is 18.0 Å². The summed E-state index contributed by atoms with van der Waals surface area (Å²) in [7, 11) is 0. The van der Waals surface area contributed by atoms with Crippen molar-refractivity contribution in [1.29, 1.82) is 0 Å². The Labute approximate surface area is 200 Å². The number of carbonyl (C=O) groups excluding carboxylic acids is 2. The molecule has 0 bridgehead atoms. The van der Waals surface area contributed by atoms with Crippen molar-refractivity contribution in [3.63, 3.8) is 0 Å². The molecule has 0 fully saturated rings. The zero-order valence-electron chi connectivity index (χ0n) is 20.0. The summed E-state index contributed by atoms with van der Waals surface area (Å²) < 4.78 is 5.60. The maximum absolute atomic E-state index is 12.9. The zero-order chi connectivity index (χ0) is 24.7. The predicted molar refractivity (Wildman–Crippen MR) is 131 cm³/mol. The molecule has 1 aliphatic carbocycles. The van der Waals surface area contributed by atoms with Gasteiger partial charge in [0, 0.05) is 12.0 Å². The lowest BCUT2D eigenvalue weighted by Crippen LogP contribution is -2.50. The van der Waals surface area contributed by atoms with E-state index in [2.05, 4.69) is 22.8 Å². The van der Waals surface area contributed by atoms with Gasteiger partial charge in [0.2, 0.25) is 5.91 Å². The summed E-state index contributed by atoms with van der Waals surface area (Å²) in [5.74, 6) is -1.08. The smallest absolute Gasteiger partial charge is 0.407 e. The summed E-state index contributed by atoms with van der Waals surface area (Å²) in [5, 5.41) is 14.5. The van der Waals surface area contributed by atoms with E-state index in [0.717, 1.165) is 28.7 Å². The van der Waals surface area contributed by atoms with Crippen molar-refractivity contribution in [2.45, 2.75) is 64.5 Å². The highest BCUT2D eigenvalue weighted by Crippen LogP contribution is 2.44. The number of alkyl carbamates (subject to hydrolysis) is 1. The highest BCUT2D eigenvalue weighted by Gasteiger charge is 2.30. The van der Waals surface area contributed by atoms with Crippen LogP contribution in [-0.4, -0.2) is 41.8 Å². The van der Waals surface area contributed by atoms with Crippen molar-refractivity contribution in [3.8, 4) is 11.1 Å². The minimum atomic E-state index is -0.977. The number of fused-ring (bicyclic) bond motifs is 3. The first-order valence-electron chi connectivity index (χ1n) is 11.9. The summed E-state index contributed by atoms with van der Waals surface area (Å²) in [6.45, 7) is 6.06. The molecule has 0 aliphatic heterocycles. The Hall–Kier alpha value is -3.35. The average Bonchev–Trinajstić information content (AvgIpc) is 3.13. The molecule has 2 amide bonds. The number of benzene rings is 2. The van der Waals surface area contributed by atoms with Crippen LogP contribution in [0.15, 0.2) is 48.5 Å². The molecular weight excluding hydrogens is 432 g/mol. The highest BCUT2D eigenvalue weighted by atomic mass is 16.5. The van der Waals surface area contributed by atoms with E-state index in [4.69, 9.17) is 9.84 Å². The fraction of sp³-hybridized carbons (Fsp3) is 0.444. The van der Waals surface area contributed by atoms with Crippen LogP contribution in [0.2, 0.25) is 0 Å². The molecule has 2 aromatic rings. The first-order valence-corrected chi connectivity index (χ1v) is 11.9. The van der Waals surface area contributed by atoms with Gasteiger partial charge in [0.05, 0.1) is 6.42 Å². The summed E-state index contributed by atoms with van der Waals surface area (Å²) in [6.07, 6.45) is 0.843. The molecule has 182 valence electrons. The van der Waals surface area contributed by atoms with Gasteiger partial charge in [0.1, 0.15) is 12.6 Å². The van der Waals surface area contributed by atoms with Crippen molar-refractivity contribution < 1.29 is 24.2 Å². The Morgan fingerprint density at radius 2 is 1.53 bits per heavy atom. The van der Waals surface area contributed by atoms with Gasteiger partial charge in [-0.3, -0.25) is 9.59 Å². The molecule has 3 N–H and O–H groups in total. The van der Waals surface area contributed by atoms with Crippen LogP contribution in [0.25, 0.3) is 11.1 Å². The Morgan fingerprint density at radius 1 is 0.941 bits per heavy atom. The summed E-state index contributed by atoms with van der Waals surface area (Å²) in [6, 6.07) is 14.9. The Kier molecular flexibility index (Phi) is 8.68. The minimum absolute atomic E-state index is 0.0684. The molecule has 0 heterocycles. The third kappa shape index (κ3) is 6.37. The molecule has 0 radical (unpaired) electrons. The van der Waals surface area contributed by atoms with E-state index in [1.807, 2.05) is 57.2 Å². The number of hydrogen-bond donors (Lipinski definition) is 3. The van der Waals surface area contributed by atoms with E-state index in [0.29, 0.717) is 18.8 Å². The number of hydrogen-bond acceptors (Lipinski definition) is 4. The highest BCUT2D eigenvalue weighted by molar-refractivity contribution is 5.86. The molecule has 1 unspecified atom stereocenters. The molecule has 1 aliphatic rings. The van der Waals surface area contributed by atoms with E-state index >= 15 is 0 Å². The van der Waals surface area contributed by atoms with Gasteiger partial charge in [-0.15, -0.1) is 0 Å². The summed E-state index contributed by atoms with van der Waals surface area (Å²) in [4.78, 5) is 36.6. The number of aliphatic carboxylic acids is 1. The van der Waals surface area contributed by atoms with E-state index in [9.17, 15) is 14.4 Å². The second-order valence-corrected chi connectivity index (χ2v) is 9.21. The molecule has 34 heavy (non-hydrogen) atoms. The maximum Gasteiger partial charge on any atom is 0.407 e. The van der Waals surface area contributed by atoms with E-state index < -0.39 is 24.1 Å². The zero-order valence-corrected chi connectivity index (χ0v) is 20.0. The first kappa shape index (κ1) is 25.3. The largest absolute Gasteiger partial charge is 0.481 e. The molecule has 7 nitrogen and oxygen atoms in total. The van der Waals surface area contributed by atoms with E-state index in [1.54, 1.807) is 0 Å². The number of carboxylic acid groups (broad SMARTS) is 1. The number of carbonyl (C=O) groups is 3. The third-order valence-electron chi connectivity index (χ3n) is 6.25. The molecule has 3 rings (SSSR count). The Bertz CT molecular complexity index is 974. The monoisotopic (exact) mass is 466 g/mol. The predicted octanol–water partition coefficient (Wildman–Crippen LogP) is 4.70. The molecular formula is C27H34N2O5. The number of ether oxygens (including phenoxy) is 1. The first-order chi connectivity index (χ1) is 16.3. The topological polar surface area (TPSA) is 105 Å². The van der Waals surface area contributed by atoms with Gasteiger partial charge in [-0.2, -0.15) is 0 Å². The summed E-state index contributed by atoms with van der Waals surface area (Å²) in [5.41, 5.74) is 4.52. The average molecular weight is 467 g/mol. The third-order valence-corrected chi connectivity index (χ3v) is 6.25. The van der Waals surface area contributed by atoms with Crippen LogP contribution in [0.5, 0.6) is 0 Å². The fourth-order valence-corrected chi connectivity index (χ4v) is 4.36. The van der Waals surface area contributed by atoms with Crippen LogP contribution in [0.3, 0.4) is 0 Å². The van der Waals surface area contributed by atoms with Gasteiger partial charge in [0.15, 0.2) is 0 Å². The minimum Gasteiger partial charge on any atom is -0.481 e. The van der Waals surface area contributed by atoms with Crippen molar-refractivity contribution in [2.75, 3.05) is 6.61 Å². The molecule has 2 atom stereocenters. The van der Waals surface area contributed by atoms with Crippen molar-refractivity contribution in [3.05, 3.63) is 59.7 Å². The van der Waals surface area contributed by atoms with E-state index in [-0.39, 0.29) is 24.9 Å². The number of rotatable bonds is 11. The number of amides is 2. The van der Waals surface area contributed by atoms with Gasteiger partial charge in [-0.1, -0.05) is 69.3 Å². The van der Waals surface area contributed by atoms with Crippen molar-refractivity contribution in [1.82, 2.24) is 10.6 Å². The Morgan fingerprint density at radius 3 is 2.06 bits per heavy atom. The van der Waals surface area contributed by atoms with Crippen LogP contribution in [0, 0.1) is 5.92 Å². The molecule has 0 spiro atoms. The normalized spacial score (nSPS) is 14.1. The van der Waals surface area contributed by atoms with Gasteiger partial charge >= 0.3 is 12.1 Å². The lowest BCUT2D eigenvalue weighted by molar-refractivity contribution is -0.137. The second kappa shape index (κ2) is 11.7. The van der Waals surface area contributed by atoms with Gasteiger partial charge in [-0.05, 0) is 47.4 Å². The van der Waals surface area contributed by atoms with Crippen molar-refractivity contribution in [2.24, 2.45) is 5.92 Å². The van der Waals surface area contributed by atoms with Crippen LogP contribution in [0.1, 0.15) is 63.5 Å². The van der Waals surface area contributed by atoms with Crippen LogP contribution >= 0.6 is 0 Å². The quantitative estimate of drug-likeness (QED) is 0.445. The molecule has 2 aromatic carbocycles. The number of carboxylic acids is 1. The van der Waals surface area contributed by atoms with Crippen LogP contribution in [-0.2, 0) is 14.3 Å². The van der Waals surface area contributed by atoms with Crippen LogP contribution < -0.4 is 10.6 Å². The number of nitrogens with one attached hydrogen (secondary N) is 2. The maximum atomic E-state index is 12.9. The Balaban J connectivity index is 1.65. The molecule has 7 heteroatoms. The van der Waals surface area contributed by atoms with Gasteiger partial charge in [0.25, 0.3) is 0 Å². The second-order valence-electron chi connectivity index (χ2n) is 9.21. The molecule has 0 saturated heterocycles. The molecule has 0 saturated carbocycles. The SMILES string of the molecule is CC[C@H](CC(=O)O)NC(=O)C(CCC(C)C)NC(=O)OCC1c2ccccc2-c2ccccc21. The van der Waals surface area contributed by atoms with Gasteiger partial charge in [-0.25, -0.2) is 4.79 Å². The lowest BCUT2D eigenvalue weighted by atomic mass is 9.98. The van der Waals surface area contributed by atoms with E-state index in [1.165, 1.54) is 0 Å². The lowest BCUT2D eigenvalue weighted by Gasteiger charge is -2.23. The van der Waals surface area contributed by atoms with Gasteiger partial charge < -0.3 is 20.5 Å². The van der Waals surface area contributed by atoms with Crippen LogP contribution in [0.4, 0.5) is 4.79 Å². The molecule has 0 aromatic heterocycles. The summed E-state index contributed by atoms with van der Waals surface area (Å²) >= 11 is 0. The fourth-order valence-electron chi connectivity index (χ4n) is 4.36.